The predicted molar refractivity (Wildman–Crippen MR) is 122 cm³/mol. The molecule has 0 saturated carbocycles. The van der Waals surface area contributed by atoms with Crippen molar-refractivity contribution < 1.29 is 14.3 Å². The second kappa shape index (κ2) is 10.5. The molecule has 30 heavy (non-hydrogen) atoms. The van der Waals surface area contributed by atoms with Crippen molar-refractivity contribution in [2.75, 3.05) is 17.2 Å². The van der Waals surface area contributed by atoms with Gasteiger partial charge in [0.1, 0.15) is 5.75 Å². The van der Waals surface area contributed by atoms with E-state index in [1.807, 2.05) is 80.6 Å². The van der Waals surface area contributed by atoms with Gasteiger partial charge in [0.25, 0.3) is 5.91 Å². The van der Waals surface area contributed by atoms with Crippen LogP contribution in [0.4, 0.5) is 11.4 Å². The maximum absolute atomic E-state index is 12.5. The van der Waals surface area contributed by atoms with Crippen LogP contribution >= 0.6 is 11.8 Å². The van der Waals surface area contributed by atoms with Crippen LogP contribution in [0.1, 0.15) is 12.5 Å². The molecule has 2 amide bonds. The Bertz CT molecular complexity index is 1010. The van der Waals surface area contributed by atoms with Crippen molar-refractivity contribution in [1.82, 2.24) is 0 Å². The van der Waals surface area contributed by atoms with Crippen LogP contribution in [0.5, 0.6) is 5.75 Å². The number of aryl methyl sites for hydroxylation is 1. The molecule has 0 aliphatic carbocycles. The van der Waals surface area contributed by atoms with Crippen molar-refractivity contribution in [3.63, 3.8) is 0 Å². The van der Waals surface area contributed by atoms with E-state index in [9.17, 15) is 9.59 Å². The number of para-hydroxylation sites is 1. The van der Waals surface area contributed by atoms with Gasteiger partial charge in [0.05, 0.1) is 5.25 Å². The van der Waals surface area contributed by atoms with E-state index in [0.717, 1.165) is 16.1 Å². The quantitative estimate of drug-likeness (QED) is 0.496. The molecule has 0 saturated heterocycles. The van der Waals surface area contributed by atoms with Crippen LogP contribution in [0.15, 0.2) is 83.8 Å². The van der Waals surface area contributed by atoms with Crippen LogP contribution in [-0.4, -0.2) is 23.7 Å². The monoisotopic (exact) mass is 420 g/mol. The van der Waals surface area contributed by atoms with Gasteiger partial charge in [-0.15, -0.1) is 11.8 Å². The first-order valence-electron chi connectivity index (χ1n) is 9.61. The summed E-state index contributed by atoms with van der Waals surface area (Å²) in [6.45, 7) is 3.77. The van der Waals surface area contributed by atoms with E-state index in [1.54, 1.807) is 12.1 Å². The number of carbonyl (C=O) groups excluding carboxylic acids is 2. The molecular formula is C24H24N2O3S. The topological polar surface area (TPSA) is 67.4 Å². The second-order valence-corrected chi connectivity index (χ2v) is 8.21. The SMILES string of the molecule is Cc1cccc(NC(=O)C(C)Sc2cccc(NC(=O)COc3ccccc3)c2)c1. The lowest BCUT2D eigenvalue weighted by Crippen LogP contribution is -2.22. The van der Waals surface area contributed by atoms with Gasteiger partial charge in [0.15, 0.2) is 6.61 Å². The molecule has 0 aliphatic heterocycles. The van der Waals surface area contributed by atoms with Crippen LogP contribution in [0.2, 0.25) is 0 Å². The average Bonchev–Trinajstić information content (AvgIpc) is 2.73. The van der Waals surface area contributed by atoms with E-state index >= 15 is 0 Å². The highest BCUT2D eigenvalue weighted by Gasteiger charge is 2.15. The Morgan fingerprint density at radius 3 is 2.33 bits per heavy atom. The molecule has 0 radical (unpaired) electrons. The van der Waals surface area contributed by atoms with Crippen molar-refractivity contribution in [3.8, 4) is 5.75 Å². The Balaban J connectivity index is 1.52. The first-order chi connectivity index (χ1) is 14.5. The number of benzene rings is 3. The maximum Gasteiger partial charge on any atom is 0.262 e. The van der Waals surface area contributed by atoms with Crippen LogP contribution in [0, 0.1) is 6.92 Å². The van der Waals surface area contributed by atoms with Gasteiger partial charge >= 0.3 is 0 Å². The molecule has 1 unspecified atom stereocenters. The molecule has 0 heterocycles. The lowest BCUT2D eigenvalue weighted by Gasteiger charge is -2.13. The molecule has 3 rings (SSSR count). The minimum atomic E-state index is -0.294. The number of nitrogens with one attached hydrogen (secondary N) is 2. The van der Waals surface area contributed by atoms with Crippen molar-refractivity contribution in [2.24, 2.45) is 0 Å². The first kappa shape index (κ1) is 21.5. The Labute approximate surface area is 180 Å². The van der Waals surface area contributed by atoms with Crippen molar-refractivity contribution in [2.45, 2.75) is 24.0 Å². The zero-order valence-corrected chi connectivity index (χ0v) is 17.7. The van der Waals surface area contributed by atoms with E-state index in [0.29, 0.717) is 11.4 Å². The molecular weight excluding hydrogens is 396 g/mol. The zero-order chi connectivity index (χ0) is 21.3. The number of carbonyl (C=O) groups is 2. The van der Waals surface area contributed by atoms with Crippen molar-refractivity contribution in [3.05, 3.63) is 84.4 Å². The fourth-order valence-corrected chi connectivity index (χ4v) is 3.66. The summed E-state index contributed by atoms with van der Waals surface area (Å²) < 4.78 is 5.46. The molecule has 154 valence electrons. The molecule has 6 heteroatoms. The molecule has 0 spiro atoms. The molecule has 0 aromatic heterocycles. The van der Waals surface area contributed by atoms with Gasteiger partial charge < -0.3 is 15.4 Å². The number of thioether (sulfide) groups is 1. The van der Waals surface area contributed by atoms with Gasteiger partial charge in [-0.2, -0.15) is 0 Å². The highest BCUT2D eigenvalue weighted by molar-refractivity contribution is 8.00. The van der Waals surface area contributed by atoms with Gasteiger partial charge in [-0.1, -0.05) is 36.4 Å². The van der Waals surface area contributed by atoms with E-state index in [2.05, 4.69) is 10.6 Å². The first-order valence-corrected chi connectivity index (χ1v) is 10.5. The predicted octanol–water partition coefficient (Wildman–Crippen LogP) is 5.13. The maximum atomic E-state index is 12.5. The van der Waals surface area contributed by atoms with E-state index < -0.39 is 0 Å². The summed E-state index contributed by atoms with van der Waals surface area (Å²) >= 11 is 1.43. The summed E-state index contributed by atoms with van der Waals surface area (Å²) in [6, 6.07) is 24.3. The lowest BCUT2D eigenvalue weighted by molar-refractivity contribution is -0.118. The third-order valence-electron chi connectivity index (χ3n) is 4.20. The largest absolute Gasteiger partial charge is 0.484 e. The smallest absolute Gasteiger partial charge is 0.262 e. The number of rotatable bonds is 8. The summed E-state index contributed by atoms with van der Waals surface area (Å²) in [4.78, 5) is 25.5. The summed E-state index contributed by atoms with van der Waals surface area (Å²) in [5.41, 5.74) is 2.53. The van der Waals surface area contributed by atoms with Gasteiger partial charge in [0.2, 0.25) is 5.91 Å². The van der Waals surface area contributed by atoms with E-state index in [4.69, 9.17) is 4.74 Å². The van der Waals surface area contributed by atoms with Gasteiger partial charge in [-0.05, 0) is 61.9 Å². The number of hydrogen-bond donors (Lipinski definition) is 2. The van der Waals surface area contributed by atoms with Crippen LogP contribution in [0.25, 0.3) is 0 Å². The van der Waals surface area contributed by atoms with Crippen LogP contribution < -0.4 is 15.4 Å². The molecule has 3 aromatic carbocycles. The number of hydrogen-bond acceptors (Lipinski definition) is 4. The van der Waals surface area contributed by atoms with Gasteiger partial charge in [-0.3, -0.25) is 9.59 Å². The standard InChI is InChI=1S/C24H24N2O3S/c1-17-8-6-9-19(14-17)26-24(28)18(2)30-22-13-7-10-20(15-22)25-23(27)16-29-21-11-4-3-5-12-21/h3-15,18H,16H2,1-2H3,(H,25,27)(H,26,28). The highest BCUT2D eigenvalue weighted by atomic mass is 32.2. The normalized spacial score (nSPS) is 11.4. The molecule has 3 aromatic rings. The van der Waals surface area contributed by atoms with Crippen LogP contribution in [-0.2, 0) is 9.59 Å². The summed E-state index contributed by atoms with van der Waals surface area (Å²) in [7, 11) is 0. The molecule has 0 bridgehead atoms. The number of anilines is 2. The molecule has 2 N–H and O–H groups in total. The average molecular weight is 421 g/mol. The molecule has 5 nitrogen and oxygen atoms in total. The van der Waals surface area contributed by atoms with Crippen molar-refractivity contribution in [1.29, 1.82) is 0 Å². The summed E-state index contributed by atoms with van der Waals surface area (Å²) in [5.74, 6) is 0.327. The Kier molecular flexibility index (Phi) is 7.51. The lowest BCUT2D eigenvalue weighted by atomic mass is 10.2. The van der Waals surface area contributed by atoms with E-state index in [1.165, 1.54) is 11.8 Å². The van der Waals surface area contributed by atoms with Crippen LogP contribution in [0.3, 0.4) is 0 Å². The van der Waals surface area contributed by atoms with Crippen molar-refractivity contribution >= 4 is 35.0 Å². The van der Waals surface area contributed by atoms with E-state index in [-0.39, 0.29) is 23.7 Å². The fraction of sp³-hybridized carbons (Fsp3) is 0.167. The molecule has 1 atom stereocenters. The molecule has 0 aliphatic rings. The fourth-order valence-electron chi connectivity index (χ4n) is 2.73. The van der Waals surface area contributed by atoms with Gasteiger partial charge in [0, 0.05) is 16.3 Å². The summed E-state index contributed by atoms with van der Waals surface area (Å²) in [6.07, 6.45) is 0. The minimum absolute atomic E-state index is 0.0727. The third kappa shape index (κ3) is 6.67. The Morgan fingerprint density at radius 2 is 1.60 bits per heavy atom. The zero-order valence-electron chi connectivity index (χ0n) is 16.9. The minimum Gasteiger partial charge on any atom is -0.484 e. The summed E-state index contributed by atoms with van der Waals surface area (Å²) in [5, 5.41) is 5.47. The molecule has 0 fully saturated rings. The van der Waals surface area contributed by atoms with Gasteiger partial charge in [-0.25, -0.2) is 0 Å². The third-order valence-corrected chi connectivity index (χ3v) is 5.29. The number of amides is 2. The number of ether oxygens (including phenoxy) is 1. The Hall–Kier alpha value is -3.25. The second-order valence-electron chi connectivity index (χ2n) is 6.80. The highest BCUT2D eigenvalue weighted by Crippen LogP contribution is 2.26. The Morgan fingerprint density at radius 1 is 0.900 bits per heavy atom.